The highest BCUT2D eigenvalue weighted by Gasteiger charge is 2.21. The van der Waals surface area contributed by atoms with Crippen molar-refractivity contribution in [3.63, 3.8) is 0 Å². The maximum Gasteiger partial charge on any atom is 0.267 e. The molecular formula is C23H48O4S. The lowest BCUT2D eigenvalue weighted by molar-refractivity contribution is 0.156. The van der Waals surface area contributed by atoms with E-state index in [1.54, 1.807) is 0 Å². The molecule has 28 heavy (non-hydrogen) atoms. The molecule has 2 unspecified atom stereocenters. The van der Waals surface area contributed by atoms with Gasteiger partial charge >= 0.3 is 0 Å². The molecule has 0 aromatic heterocycles. The molecule has 0 aliphatic heterocycles. The van der Waals surface area contributed by atoms with Crippen molar-refractivity contribution in [1.29, 1.82) is 0 Å². The maximum absolute atomic E-state index is 11.5. The first-order chi connectivity index (χ1) is 13.4. The van der Waals surface area contributed by atoms with E-state index in [1.807, 2.05) is 6.92 Å². The van der Waals surface area contributed by atoms with Gasteiger partial charge in [-0.3, -0.25) is 4.55 Å². The average Bonchev–Trinajstić information content (AvgIpc) is 2.65. The number of hydrogen-bond donors (Lipinski definition) is 2. The van der Waals surface area contributed by atoms with E-state index in [2.05, 4.69) is 6.92 Å². The lowest BCUT2D eigenvalue weighted by Crippen LogP contribution is -2.20. The fraction of sp³-hybridized carbons (Fsp3) is 1.00. The molecule has 170 valence electrons. The van der Waals surface area contributed by atoms with Gasteiger partial charge in [-0.15, -0.1) is 0 Å². The summed E-state index contributed by atoms with van der Waals surface area (Å²) in [6.45, 7) is 4.14. The standard InChI is InChI=1S/C23H48O4S/c1-3-5-16-20-23(28(25,26)27)21-18-15-13-11-9-7-6-8-10-12-14-17-19-22(24)4-2/h22-24H,3-21H2,1-2H3,(H,25,26,27). The molecule has 0 rings (SSSR count). The van der Waals surface area contributed by atoms with E-state index in [0.29, 0.717) is 12.8 Å². The van der Waals surface area contributed by atoms with Gasteiger partial charge in [0.15, 0.2) is 0 Å². The van der Waals surface area contributed by atoms with Crippen LogP contribution in [0.15, 0.2) is 0 Å². The fourth-order valence-corrected chi connectivity index (χ4v) is 4.72. The van der Waals surface area contributed by atoms with Gasteiger partial charge in [0.25, 0.3) is 10.1 Å². The van der Waals surface area contributed by atoms with Crippen LogP contribution in [0, 0.1) is 0 Å². The Balaban J connectivity index is 3.44. The Bertz CT molecular complexity index is 422. The first-order valence-corrected chi connectivity index (χ1v) is 13.6. The van der Waals surface area contributed by atoms with Gasteiger partial charge in [0.05, 0.1) is 11.4 Å². The highest BCUT2D eigenvalue weighted by Crippen LogP contribution is 2.19. The molecule has 2 N–H and O–H groups in total. The van der Waals surface area contributed by atoms with Gasteiger partial charge in [-0.1, -0.05) is 110 Å². The SMILES string of the molecule is CCCCCC(CCCCCCCCCCCCCCC(O)CC)S(=O)(=O)O. The van der Waals surface area contributed by atoms with Crippen molar-refractivity contribution in [2.45, 2.75) is 147 Å². The van der Waals surface area contributed by atoms with Crippen LogP contribution < -0.4 is 0 Å². The summed E-state index contributed by atoms with van der Waals surface area (Å²) in [6.07, 6.45) is 20.6. The molecule has 4 nitrogen and oxygen atoms in total. The monoisotopic (exact) mass is 420 g/mol. The Morgan fingerprint density at radius 3 is 1.32 bits per heavy atom. The topological polar surface area (TPSA) is 74.6 Å². The van der Waals surface area contributed by atoms with Gasteiger partial charge in [-0.05, 0) is 25.7 Å². The largest absolute Gasteiger partial charge is 0.393 e. The van der Waals surface area contributed by atoms with Crippen molar-refractivity contribution in [1.82, 2.24) is 0 Å². The first-order valence-electron chi connectivity index (χ1n) is 12.1. The second kappa shape index (κ2) is 18.9. The molecule has 2 atom stereocenters. The van der Waals surface area contributed by atoms with Crippen molar-refractivity contribution in [2.75, 3.05) is 0 Å². The van der Waals surface area contributed by atoms with E-state index in [1.165, 1.54) is 57.8 Å². The van der Waals surface area contributed by atoms with Crippen LogP contribution in [0.25, 0.3) is 0 Å². The highest BCUT2D eigenvalue weighted by atomic mass is 32.2. The van der Waals surface area contributed by atoms with Crippen LogP contribution in [0.3, 0.4) is 0 Å². The summed E-state index contributed by atoms with van der Waals surface area (Å²) >= 11 is 0. The summed E-state index contributed by atoms with van der Waals surface area (Å²) in [4.78, 5) is 0. The van der Waals surface area contributed by atoms with E-state index in [4.69, 9.17) is 0 Å². The van der Waals surface area contributed by atoms with Crippen molar-refractivity contribution in [3.05, 3.63) is 0 Å². The van der Waals surface area contributed by atoms with Gasteiger partial charge in [0, 0.05) is 0 Å². The molecule has 0 bridgehead atoms. The highest BCUT2D eigenvalue weighted by molar-refractivity contribution is 7.86. The number of unbranched alkanes of at least 4 members (excludes halogenated alkanes) is 13. The number of rotatable bonds is 21. The Morgan fingerprint density at radius 1 is 0.607 bits per heavy atom. The molecule has 0 saturated heterocycles. The predicted octanol–water partition coefficient (Wildman–Crippen LogP) is 7.06. The maximum atomic E-state index is 11.5. The van der Waals surface area contributed by atoms with Gasteiger partial charge in [-0.25, -0.2) is 0 Å². The lowest BCUT2D eigenvalue weighted by atomic mass is 10.0. The van der Waals surface area contributed by atoms with Crippen LogP contribution in [0.2, 0.25) is 0 Å². The van der Waals surface area contributed by atoms with Crippen molar-refractivity contribution < 1.29 is 18.1 Å². The zero-order valence-corrected chi connectivity index (χ0v) is 19.5. The Hall–Kier alpha value is -0.130. The number of aliphatic hydroxyl groups is 1. The molecule has 0 fully saturated rings. The minimum atomic E-state index is -3.88. The number of aliphatic hydroxyl groups excluding tert-OH is 1. The molecular weight excluding hydrogens is 372 g/mol. The fourth-order valence-electron chi connectivity index (χ4n) is 3.79. The minimum Gasteiger partial charge on any atom is -0.393 e. The zero-order chi connectivity index (χ0) is 21.1. The first kappa shape index (κ1) is 27.9. The molecule has 0 aromatic carbocycles. The molecule has 0 radical (unpaired) electrons. The van der Waals surface area contributed by atoms with Gasteiger partial charge in [0.2, 0.25) is 0 Å². The molecule has 0 saturated carbocycles. The van der Waals surface area contributed by atoms with Gasteiger partial charge in [0.1, 0.15) is 0 Å². The number of hydrogen-bond acceptors (Lipinski definition) is 3. The summed E-state index contributed by atoms with van der Waals surface area (Å²) in [5, 5.41) is 8.95. The van der Waals surface area contributed by atoms with Gasteiger partial charge < -0.3 is 5.11 Å². The quantitative estimate of drug-likeness (QED) is 0.154. The van der Waals surface area contributed by atoms with Crippen LogP contribution in [0.5, 0.6) is 0 Å². The molecule has 0 amide bonds. The summed E-state index contributed by atoms with van der Waals surface area (Å²) in [7, 11) is -3.88. The summed E-state index contributed by atoms with van der Waals surface area (Å²) in [6, 6.07) is 0. The van der Waals surface area contributed by atoms with Crippen LogP contribution >= 0.6 is 0 Å². The van der Waals surface area contributed by atoms with E-state index in [0.717, 1.165) is 51.4 Å². The Labute approximate surface area is 175 Å². The normalized spacial score (nSPS) is 14.3. The second-order valence-electron chi connectivity index (χ2n) is 8.51. The second-order valence-corrected chi connectivity index (χ2v) is 10.2. The third-order valence-corrected chi connectivity index (χ3v) is 7.15. The zero-order valence-electron chi connectivity index (χ0n) is 18.7. The van der Waals surface area contributed by atoms with E-state index in [-0.39, 0.29) is 6.10 Å². The van der Waals surface area contributed by atoms with Crippen molar-refractivity contribution >= 4 is 10.1 Å². The van der Waals surface area contributed by atoms with Crippen LogP contribution in [-0.2, 0) is 10.1 Å². The molecule has 0 heterocycles. The summed E-state index contributed by atoms with van der Waals surface area (Å²) < 4.78 is 32.3. The predicted molar refractivity (Wildman–Crippen MR) is 120 cm³/mol. The van der Waals surface area contributed by atoms with E-state index < -0.39 is 15.4 Å². The third kappa shape index (κ3) is 17.9. The molecule has 0 spiro atoms. The van der Waals surface area contributed by atoms with Gasteiger partial charge in [-0.2, -0.15) is 8.42 Å². The third-order valence-electron chi connectivity index (χ3n) is 5.84. The van der Waals surface area contributed by atoms with Crippen LogP contribution in [-0.4, -0.2) is 29.4 Å². The smallest absolute Gasteiger partial charge is 0.267 e. The van der Waals surface area contributed by atoms with Crippen LogP contribution in [0.1, 0.15) is 136 Å². The van der Waals surface area contributed by atoms with Crippen molar-refractivity contribution in [2.24, 2.45) is 0 Å². The van der Waals surface area contributed by atoms with Crippen LogP contribution in [0.4, 0.5) is 0 Å². The summed E-state index contributed by atoms with van der Waals surface area (Å²) in [5.74, 6) is 0. The minimum absolute atomic E-state index is 0.0972. The van der Waals surface area contributed by atoms with Crippen molar-refractivity contribution in [3.8, 4) is 0 Å². The van der Waals surface area contributed by atoms with E-state index in [9.17, 15) is 18.1 Å². The van der Waals surface area contributed by atoms with E-state index >= 15 is 0 Å². The lowest BCUT2D eigenvalue weighted by Gasteiger charge is -2.13. The molecule has 5 heteroatoms. The molecule has 0 aromatic rings. The Kier molecular flexibility index (Phi) is 18.8. The average molecular weight is 421 g/mol. The summed E-state index contributed by atoms with van der Waals surface area (Å²) in [5.41, 5.74) is 0. The molecule has 0 aliphatic rings. The Morgan fingerprint density at radius 2 is 0.964 bits per heavy atom. The molecule has 0 aliphatic carbocycles.